The van der Waals surface area contributed by atoms with E-state index in [9.17, 15) is 14.7 Å². The molecule has 1 aliphatic rings. The average Bonchev–Trinajstić information content (AvgIpc) is 2.94. The topological polar surface area (TPSA) is 93.8 Å². The lowest BCUT2D eigenvalue weighted by Crippen LogP contribution is -2.38. The lowest BCUT2D eigenvalue weighted by Gasteiger charge is -2.24. The van der Waals surface area contributed by atoms with Crippen molar-refractivity contribution in [1.29, 1.82) is 5.26 Å². The molecule has 7 heteroatoms. The van der Waals surface area contributed by atoms with Gasteiger partial charge in [-0.15, -0.1) is 0 Å². The third kappa shape index (κ3) is 4.85. The fourth-order valence-electron chi connectivity index (χ4n) is 2.81. The van der Waals surface area contributed by atoms with Crippen molar-refractivity contribution in [2.45, 2.75) is 50.8 Å². The van der Waals surface area contributed by atoms with Gasteiger partial charge in [-0.2, -0.15) is 10.3 Å². The number of nitriles is 1. The molecule has 1 N–H and O–H groups in total. The summed E-state index contributed by atoms with van der Waals surface area (Å²) < 4.78 is 0. The Kier molecular flexibility index (Phi) is 7.22. The van der Waals surface area contributed by atoms with Gasteiger partial charge in [0, 0.05) is 12.1 Å². The smallest absolute Gasteiger partial charge is 0.319 e. The standard InChI is InChI=1S/C19H23N3O3S/c1-3-4-5-6-11-22-13(2)16(18(24)25)26-19(22)21-17(23)15-9-7-14(12-20)8-10-15/h7-10,13,16H,3-6,11H2,1-2H3,(H,24,25). The van der Waals surface area contributed by atoms with Crippen LogP contribution in [0.5, 0.6) is 0 Å². The Morgan fingerprint density at radius 1 is 1.27 bits per heavy atom. The van der Waals surface area contributed by atoms with Gasteiger partial charge in [0.1, 0.15) is 5.25 Å². The summed E-state index contributed by atoms with van der Waals surface area (Å²) in [7, 11) is 0. The van der Waals surface area contributed by atoms with Crippen molar-refractivity contribution in [2.75, 3.05) is 6.54 Å². The van der Waals surface area contributed by atoms with E-state index >= 15 is 0 Å². The molecule has 1 heterocycles. The number of amides is 1. The van der Waals surface area contributed by atoms with E-state index in [2.05, 4.69) is 11.9 Å². The van der Waals surface area contributed by atoms with Crippen molar-refractivity contribution >= 4 is 28.8 Å². The van der Waals surface area contributed by atoms with Crippen LogP contribution < -0.4 is 0 Å². The van der Waals surface area contributed by atoms with Gasteiger partial charge in [-0.1, -0.05) is 37.9 Å². The number of benzene rings is 1. The van der Waals surface area contributed by atoms with E-state index in [1.54, 1.807) is 24.3 Å². The number of carbonyl (C=O) groups excluding carboxylic acids is 1. The molecule has 6 nitrogen and oxygen atoms in total. The lowest BCUT2D eigenvalue weighted by molar-refractivity contribution is -0.137. The number of aliphatic carboxylic acids is 1. The van der Waals surface area contributed by atoms with E-state index in [0.29, 0.717) is 22.8 Å². The molecule has 0 spiro atoms. The van der Waals surface area contributed by atoms with Gasteiger partial charge >= 0.3 is 5.97 Å². The highest BCUT2D eigenvalue weighted by atomic mass is 32.2. The minimum Gasteiger partial charge on any atom is -0.480 e. The molecule has 0 bridgehead atoms. The third-order valence-corrected chi connectivity index (χ3v) is 5.75. The molecule has 1 aliphatic heterocycles. The fourth-order valence-corrected chi connectivity index (χ4v) is 4.01. The second kappa shape index (κ2) is 9.39. The lowest BCUT2D eigenvalue weighted by atomic mass is 10.1. The highest BCUT2D eigenvalue weighted by Gasteiger charge is 2.40. The quantitative estimate of drug-likeness (QED) is 0.735. The van der Waals surface area contributed by atoms with Crippen LogP contribution >= 0.6 is 11.8 Å². The summed E-state index contributed by atoms with van der Waals surface area (Å²) >= 11 is 1.13. The summed E-state index contributed by atoms with van der Waals surface area (Å²) in [5, 5.41) is 18.1. The molecule has 1 saturated heterocycles. The van der Waals surface area contributed by atoms with Crippen LogP contribution in [0.25, 0.3) is 0 Å². The summed E-state index contributed by atoms with van der Waals surface area (Å²) in [5.74, 6) is -1.31. The molecule has 1 amide bonds. The summed E-state index contributed by atoms with van der Waals surface area (Å²) in [5.41, 5.74) is 0.857. The number of thioether (sulfide) groups is 1. The minimum atomic E-state index is -0.892. The first-order valence-electron chi connectivity index (χ1n) is 8.77. The van der Waals surface area contributed by atoms with Gasteiger partial charge in [0.25, 0.3) is 5.91 Å². The van der Waals surface area contributed by atoms with Crippen molar-refractivity contribution in [2.24, 2.45) is 4.99 Å². The zero-order valence-electron chi connectivity index (χ0n) is 15.0. The van der Waals surface area contributed by atoms with Crippen LogP contribution in [0, 0.1) is 11.3 Å². The molecule has 2 atom stereocenters. The van der Waals surface area contributed by atoms with Gasteiger partial charge in [0.05, 0.1) is 17.7 Å². The van der Waals surface area contributed by atoms with Crippen LogP contribution in [-0.2, 0) is 4.79 Å². The molecule has 26 heavy (non-hydrogen) atoms. The van der Waals surface area contributed by atoms with Crippen LogP contribution in [0.4, 0.5) is 0 Å². The van der Waals surface area contributed by atoms with E-state index in [4.69, 9.17) is 5.26 Å². The second-order valence-electron chi connectivity index (χ2n) is 6.26. The van der Waals surface area contributed by atoms with Crippen LogP contribution in [-0.4, -0.2) is 44.9 Å². The molecule has 0 saturated carbocycles. The van der Waals surface area contributed by atoms with Gasteiger partial charge in [-0.05, 0) is 37.6 Å². The van der Waals surface area contributed by atoms with Crippen molar-refractivity contribution in [3.05, 3.63) is 35.4 Å². The fraction of sp³-hybridized carbons (Fsp3) is 0.474. The maximum Gasteiger partial charge on any atom is 0.319 e. The maximum atomic E-state index is 12.4. The third-order valence-electron chi connectivity index (χ3n) is 4.36. The van der Waals surface area contributed by atoms with Gasteiger partial charge in [-0.3, -0.25) is 9.59 Å². The number of rotatable bonds is 7. The van der Waals surface area contributed by atoms with Crippen molar-refractivity contribution in [3.8, 4) is 6.07 Å². The molecule has 2 unspecified atom stereocenters. The number of unbranched alkanes of at least 4 members (excludes halogenated alkanes) is 3. The van der Waals surface area contributed by atoms with Gasteiger partial charge in [0.2, 0.25) is 0 Å². The maximum absolute atomic E-state index is 12.4. The number of amidine groups is 1. The zero-order chi connectivity index (χ0) is 19.1. The molecule has 0 aliphatic carbocycles. The molecule has 0 aromatic heterocycles. The zero-order valence-corrected chi connectivity index (χ0v) is 15.8. The first-order valence-corrected chi connectivity index (χ1v) is 9.65. The Balaban J connectivity index is 2.17. The highest BCUT2D eigenvalue weighted by Crippen LogP contribution is 2.32. The van der Waals surface area contributed by atoms with E-state index in [1.807, 2.05) is 17.9 Å². The number of nitrogens with zero attached hydrogens (tertiary/aromatic N) is 3. The van der Waals surface area contributed by atoms with Crippen LogP contribution in [0.1, 0.15) is 55.5 Å². The van der Waals surface area contributed by atoms with E-state index in [1.165, 1.54) is 0 Å². The number of hydrogen-bond acceptors (Lipinski definition) is 4. The molecule has 1 aromatic rings. The monoisotopic (exact) mass is 373 g/mol. The van der Waals surface area contributed by atoms with Crippen LogP contribution in [0.2, 0.25) is 0 Å². The first kappa shape index (κ1) is 20.0. The van der Waals surface area contributed by atoms with Crippen molar-refractivity contribution < 1.29 is 14.7 Å². The van der Waals surface area contributed by atoms with E-state index < -0.39 is 17.1 Å². The Bertz CT molecular complexity index is 725. The number of aliphatic imine (C=N–C) groups is 1. The number of carboxylic acids is 1. The van der Waals surface area contributed by atoms with Gasteiger partial charge < -0.3 is 10.0 Å². The van der Waals surface area contributed by atoms with Crippen LogP contribution in [0.3, 0.4) is 0 Å². The molecular formula is C19H23N3O3S. The van der Waals surface area contributed by atoms with Crippen LogP contribution in [0.15, 0.2) is 29.3 Å². The SMILES string of the molecule is CCCCCCN1C(=NC(=O)c2ccc(C#N)cc2)SC(C(=O)O)C1C. The highest BCUT2D eigenvalue weighted by molar-refractivity contribution is 8.15. The number of hydrogen-bond donors (Lipinski definition) is 1. The number of carboxylic acid groups (broad SMARTS) is 1. The Hall–Kier alpha value is -2.33. The summed E-state index contributed by atoms with van der Waals surface area (Å²) in [6.45, 7) is 4.69. The van der Waals surface area contributed by atoms with Gasteiger partial charge in [0.15, 0.2) is 5.17 Å². The largest absolute Gasteiger partial charge is 0.480 e. The molecule has 2 rings (SSSR count). The number of carbonyl (C=O) groups is 2. The summed E-state index contributed by atoms with van der Waals surface area (Å²) in [6.07, 6.45) is 4.27. The predicted octanol–water partition coefficient (Wildman–Crippen LogP) is 3.53. The second-order valence-corrected chi connectivity index (χ2v) is 7.37. The summed E-state index contributed by atoms with van der Waals surface area (Å²) in [6, 6.07) is 8.06. The average molecular weight is 373 g/mol. The minimum absolute atomic E-state index is 0.216. The Morgan fingerprint density at radius 2 is 1.96 bits per heavy atom. The normalized spacial score (nSPS) is 21.0. The Morgan fingerprint density at radius 3 is 2.54 bits per heavy atom. The summed E-state index contributed by atoms with van der Waals surface area (Å²) in [4.78, 5) is 30.1. The van der Waals surface area contributed by atoms with Crippen molar-refractivity contribution in [3.63, 3.8) is 0 Å². The van der Waals surface area contributed by atoms with E-state index in [-0.39, 0.29) is 6.04 Å². The molecule has 1 aromatic carbocycles. The van der Waals surface area contributed by atoms with Gasteiger partial charge in [-0.25, -0.2) is 0 Å². The van der Waals surface area contributed by atoms with Crippen molar-refractivity contribution in [1.82, 2.24) is 4.90 Å². The Labute approximate surface area is 157 Å². The molecule has 1 fully saturated rings. The molecule has 138 valence electrons. The molecule has 0 radical (unpaired) electrons. The predicted molar refractivity (Wildman–Crippen MR) is 102 cm³/mol. The molecular weight excluding hydrogens is 350 g/mol. The first-order chi connectivity index (χ1) is 12.5. The van der Waals surface area contributed by atoms with E-state index in [0.717, 1.165) is 37.4 Å².